The molecule has 1 aromatic rings. The molecule has 1 aromatic carbocycles. The highest BCUT2D eigenvalue weighted by Gasteiger charge is 2.28. The fourth-order valence-corrected chi connectivity index (χ4v) is 1.19. The molecule has 5 nitrogen and oxygen atoms in total. The van der Waals surface area contributed by atoms with E-state index in [9.17, 15) is 18.0 Å². The first-order valence-corrected chi connectivity index (χ1v) is 5.36. The summed E-state index contributed by atoms with van der Waals surface area (Å²) in [4.78, 5) is 11.3. The number of rotatable bonds is 5. The first-order valence-electron chi connectivity index (χ1n) is 5.36. The van der Waals surface area contributed by atoms with Gasteiger partial charge >= 0.3 is 12.2 Å². The van der Waals surface area contributed by atoms with Gasteiger partial charge in [-0.2, -0.15) is 13.2 Å². The number of ether oxygens (including phenoxy) is 1. The molecule has 0 aliphatic carbocycles. The number of aliphatic hydroxyl groups is 1. The molecule has 2 amide bonds. The summed E-state index contributed by atoms with van der Waals surface area (Å²) in [5.41, 5.74) is 0.113. The first-order chi connectivity index (χ1) is 8.92. The van der Waals surface area contributed by atoms with Gasteiger partial charge < -0.3 is 20.5 Å². The number of anilines is 1. The summed E-state index contributed by atoms with van der Waals surface area (Å²) >= 11 is 0. The molecule has 0 bridgehead atoms. The van der Waals surface area contributed by atoms with Gasteiger partial charge in [0.1, 0.15) is 5.75 Å². The minimum Gasteiger partial charge on any atom is -0.482 e. The maximum absolute atomic E-state index is 12.0. The first kappa shape index (κ1) is 15.1. The number of hydrogen-bond donors (Lipinski definition) is 3. The van der Waals surface area contributed by atoms with Gasteiger partial charge in [-0.3, -0.25) is 0 Å². The highest BCUT2D eigenvalue weighted by Crippen LogP contribution is 2.26. The average Bonchev–Trinajstić information content (AvgIpc) is 2.34. The average molecular weight is 278 g/mol. The lowest BCUT2D eigenvalue weighted by Gasteiger charge is -2.13. The lowest BCUT2D eigenvalue weighted by atomic mass is 10.3. The summed E-state index contributed by atoms with van der Waals surface area (Å²) < 4.78 is 40.7. The quantitative estimate of drug-likeness (QED) is 0.768. The van der Waals surface area contributed by atoms with E-state index in [4.69, 9.17) is 5.11 Å². The van der Waals surface area contributed by atoms with Crippen molar-refractivity contribution in [1.29, 1.82) is 0 Å². The van der Waals surface area contributed by atoms with Crippen molar-refractivity contribution in [2.75, 3.05) is 25.1 Å². The van der Waals surface area contributed by atoms with Gasteiger partial charge in [-0.05, 0) is 12.1 Å². The molecule has 0 aliphatic heterocycles. The molecule has 0 aromatic heterocycles. The van der Waals surface area contributed by atoms with E-state index in [1.165, 1.54) is 18.2 Å². The van der Waals surface area contributed by atoms with Crippen LogP contribution in [0.25, 0.3) is 0 Å². The zero-order valence-electron chi connectivity index (χ0n) is 9.83. The van der Waals surface area contributed by atoms with Gasteiger partial charge in [0.2, 0.25) is 0 Å². The molecule has 0 fully saturated rings. The van der Waals surface area contributed by atoms with Gasteiger partial charge in [-0.1, -0.05) is 12.1 Å². The van der Waals surface area contributed by atoms with Crippen molar-refractivity contribution in [3.05, 3.63) is 24.3 Å². The molecule has 0 aliphatic rings. The molecule has 106 valence electrons. The monoisotopic (exact) mass is 278 g/mol. The third-order valence-corrected chi connectivity index (χ3v) is 1.92. The van der Waals surface area contributed by atoms with Crippen molar-refractivity contribution in [3.63, 3.8) is 0 Å². The molecule has 8 heteroatoms. The van der Waals surface area contributed by atoms with Crippen LogP contribution in [0.15, 0.2) is 24.3 Å². The van der Waals surface area contributed by atoms with Gasteiger partial charge in [0.25, 0.3) is 0 Å². The zero-order chi connectivity index (χ0) is 14.3. The van der Waals surface area contributed by atoms with Crippen LogP contribution < -0.4 is 15.4 Å². The predicted octanol–water partition coefficient (Wildman–Crippen LogP) is 1.74. The van der Waals surface area contributed by atoms with Crippen molar-refractivity contribution in [2.45, 2.75) is 6.18 Å². The van der Waals surface area contributed by atoms with Crippen LogP contribution in [0.1, 0.15) is 0 Å². The third-order valence-electron chi connectivity index (χ3n) is 1.92. The number of alkyl halides is 3. The number of urea groups is 1. The Morgan fingerprint density at radius 2 is 2.00 bits per heavy atom. The summed E-state index contributed by atoms with van der Waals surface area (Å²) in [5, 5.41) is 13.1. The molecular formula is C11H13F3N2O3. The van der Waals surface area contributed by atoms with E-state index in [0.717, 1.165) is 0 Å². The van der Waals surface area contributed by atoms with E-state index < -0.39 is 18.8 Å². The second-order valence-electron chi connectivity index (χ2n) is 3.50. The number of halogens is 3. The second-order valence-corrected chi connectivity index (χ2v) is 3.50. The summed E-state index contributed by atoms with van der Waals surface area (Å²) in [6, 6.07) is 5.11. The van der Waals surface area contributed by atoms with Gasteiger partial charge in [0.15, 0.2) is 6.61 Å². The molecular weight excluding hydrogens is 265 g/mol. The van der Waals surface area contributed by atoms with E-state index in [2.05, 4.69) is 15.4 Å². The molecule has 0 saturated carbocycles. The van der Waals surface area contributed by atoms with Crippen molar-refractivity contribution in [3.8, 4) is 5.75 Å². The molecule has 1 rings (SSSR count). The van der Waals surface area contributed by atoms with E-state index in [1.807, 2.05) is 0 Å². The van der Waals surface area contributed by atoms with Gasteiger partial charge in [-0.25, -0.2) is 4.79 Å². The number of aliphatic hydroxyl groups excluding tert-OH is 1. The van der Waals surface area contributed by atoms with Gasteiger partial charge in [0.05, 0.1) is 12.3 Å². The van der Waals surface area contributed by atoms with Crippen molar-refractivity contribution in [2.24, 2.45) is 0 Å². The lowest BCUT2D eigenvalue weighted by Crippen LogP contribution is -2.31. The predicted molar refractivity (Wildman–Crippen MR) is 62.1 cm³/mol. The van der Waals surface area contributed by atoms with Crippen LogP contribution >= 0.6 is 0 Å². The Hall–Kier alpha value is -1.96. The van der Waals surface area contributed by atoms with E-state index >= 15 is 0 Å². The fraction of sp³-hybridized carbons (Fsp3) is 0.364. The molecule has 0 radical (unpaired) electrons. The summed E-state index contributed by atoms with van der Waals surface area (Å²) in [6.45, 7) is -1.64. The van der Waals surface area contributed by atoms with Crippen molar-refractivity contribution < 1.29 is 27.8 Å². The Balaban J connectivity index is 2.65. The van der Waals surface area contributed by atoms with Crippen molar-refractivity contribution in [1.82, 2.24) is 5.32 Å². The van der Waals surface area contributed by atoms with Crippen LogP contribution in [0.5, 0.6) is 5.75 Å². The highest BCUT2D eigenvalue weighted by atomic mass is 19.4. The Morgan fingerprint density at radius 3 is 2.63 bits per heavy atom. The number of carbonyl (C=O) groups is 1. The number of amides is 2. The molecule has 0 spiro atoms. The number of benzene rings is 1. The minimum atomic E-state index is -4.45. The Labute approximate surface area is 107 Å². The van der Waals surface area contributed by atoms with Crippen LogP contribution in [0.4, 0.5) is 23.7 Å². The normalized spacial score (nSPS) is 10.9. The summed E-state index contributed by atoms with van der Waals surface area (Å²) in [6.07, 6.45) is -4.45. The SMILES string of the molecule is O=C(NCCO)Nc1ccccc1OCC(F)(F)F. The minimum absolute atomic E-state index is 0.0391. The van der Waals surface area contributed by atoms with Crippen LogP contribution in [0, 0.1) is 0 Å². The smallest absolute Gasteiger partial charge is 0.422 e. The van der Waals surface area contributed by atoms with Crippen LogP contribution in [-0.4, -0.2) is 37.1 Å². The van der Waals surface area contributed by atoms with Crippen LogP contribution in [0.3, 0.4) is 0 Å². The Morgan fingerprint density at radius 1 is 1.32 bits per heavy atom. The van der Waals surface area contributed by atoms with E-state index in [1.54, 1.807) is 6.07 Å². The zero-order valence-corrected chi connectivity index (χ0v) is 9.83. The standard InChI is InChI=1S/C11H13F3N2O3/c12-11(13,14)7-19-9-4-2-1-3-8(9)16-10(18)15-5-6-17/h1-4,17H,5-7H2,(H2,15,16,18). The fourth-order valence-electron chi connectivity index (χ4n) is 1.19. The third kappa shape index (κ3) is 5.96. The molecule has 0 unspecified atom stereocenters. The number of carbonyl (C=O) groups excluding carboxylic acids is 1. The Bertz CT molecular complexity index is 424. The summed E-state index contributed by atoms with van der Waals surface area (Å²) in [5.74, 6) is -0.0843. The Kier molecular flexibility index (Phi) is 5.43. The second kappa shape index (κ2) is 6.83. The van der Waals surface area contributed by atoms with Crippen LogP contribution in [0.2, 0.25) is 0 Å². The lowest BCUT2D eigenvalue weighted by molar-refractivity contribution is -0.153. The molecule has 0 saturated heterocycles. The van der Waals surface area contributed by atoms with Crippen molar-refractivity contribution >= 4 is 11.7 Å². The maximum Gasteiger partial charge on any atom is 0.422 e. The van der Waals surface area contributed by atoms with Gasteiger partial charge in [-0.15, -0.1) is 0 Å². The molecule has 19 heavy (non-hydrogen) atoms. The maximum atomic E-state index is 12.0. The van der Waals surface area contributed by atoms with E-state index in [-0.39, 0.29) is 24.6 Å². The number of para-hydroxylation sites is 2. The molecule has 0 atom stereocenters. The number of hydrogen-bond acceptors (Lipinski definition) is 3. The van der Waals surface area contributed by atoms with Gasteiger partial charge in [0, 0.05) is 6.54 Å². The van der Waals surface area contributed by atoms with E-state index in [0.29, 0.717) is 0 Å². The number of nitrogens with one attached hydrogen (secondary N) is 2. The molecule has 0 heterocycles. The highest BCUT2D eigenvalue weighted by molar-refractivity contribution is 5.90. The van der Waals surface area contributed by atoms with Crippen LogP contribution in [-0.2, 0) is 0 Å². The summed E-state index contributed by atoms with van der Waals surface area (Å²) in [7, 11) is 0. The topological polar surface area (TPSA) is 70.6 Å². The molecule has 3 N–H and O–H groups in total. The largest absolute Gasteiger partial charge is 0.482 e.